The van der Waals surface area contributed by atoms with Crippen LogP contribution in [0.15, 0.2) is 30.3 Å². The van der Waals surface area contributed by atoms with E-state index in [9.17, 15) is 18.0 Å². The van der Waals surface area contributed by atoms with Gasteiger partial charge in [0.2, 0.25) is 5.91 Å². The first-order valence-electron chi connectivity index (χ1n) is 7.30. The first-order chi connectivity index (χ1) is 10.5. The minimum atomic E-state index is -3.31. The van der Waals surface area contributed by atoms with Crippen LogP contribution in [0, 0.1) is 17.3 Å². The predicted molar refractivity (Wildman–Crippen MR) is 85.4 cm³/mol. The number of hydrogen-bond acceptors (Lipinski definition) is 4. The van der Waals surface area contributed by atoms with Gasteiger partial charge in [-0.2, -0.15) is 0 Å². The molecule has 23 heavy (non-hydrogen) atoms. The maximum Gasteiger partial charge on any atom is 0.307 e. The third-order valence-electron chi connectivity index (χ3n) is 4.36. The van der Waals surface area contributed by atoms with Crippen LogP contribution in [0.5, 0.6) is 0 Å². The minimum absolute atomic E-state index is 0.229. The molecule has 1 aromatic carbocycles. The quantitative estimate of drug-likeness (QED) is 0.812. The number of benzene rings is 1. The van der Waals surface area contributed by atoms with Gasteiger partial charge in [-0.1, -0.05) is 44.2 Å². The molecular weight excluding hydrogens is 318 g/mol. The summed E-state index contributed by atoms with van der Waals surface area (Å²) in [7, 11) is -3.31. The summed E-state index contributed by atoms with van der Waals surface area (Å²) in [5.41, 5.74) is 0.0546. The lowest BCUT2D eigenvalue weighted by Crippen LogP contribution is -2.35. The third kappa shape index (κ3) is 3.90. The highest BCUT2D eigenvalue weighted by atomic mass is 32.2. The maximum atomic E-state index is 12.4. The lowest BCUT2D eigenvalue weighted by Gasteiger charge is -2.19. The number of carboxylic acid groups (broad SMARTS) is 1. The van der Waals surface area contributed by atoms with Crippen LogP contribution in [0.4, 0.5) is 0 Å². The molecule has 6 nitrogen and oxygen atoms in total. The van der Waals surface area contributed by atoms with Crippen LogP contribution < -0.4 is 5.32 Å². The van der Waals surface area contributed by atoms with E-state index in [-0.39, 0.29) is 5.75 Å². The molecule has 0 aromatic heterocycles. The Hall–Kier alpha value is -1.89. The van der Waals surface area contributed by atoms with Crippen LogP contribution >= 0.6 is 0 Å². The Balaban J connectivity index is 2.19. The SMILES string of the molecule is CC1(C)[C@H](C(=O)O)[C@@H]1C(=O)NC(CS(C)(=O)=O)c1ccccc1. The molecule has 1 aromatic rings. The maximum absolute atomic E-state index is 12.4. The monoisotopic (exact) mass is 339 g/mol. The average Bonchev–Trinajstić information content (AvgIpc) is 3.01. The van der Waals surface area contributed by atoms with E-state index >= 15 is 0 Å². The lowest BCUT2D eigenvalue weighted by atomic mass is 10.1. The van der Waals surface area contributed by atoms with Crippen molar-refractivity contribution in [1.29, 1.82) is 0 Å². The smallest absolute Gasteiger partial charge is 0.307 e. The molecule has 1 saturated carbocycles. The number of amides is 1. The van der Waals surface area contributed by atoms with Crippen molar-refractivity contribution < 1.29 is 23.1 Å². The fourth-order valence-electron chi connectivity index (χ4n) is 3.06. The van der Waals surface area contributed by atoms with E-state index in [1.165, 1.54) is 0 Å². The zero-order valence-electron chi connectivity index (χ0n) is 13.3. The van der Waals surface area contributed by atoms with E-state index in [1.54, 1.807) is 44.2 Å². The molecule has 1 amide bonds. The number of aliphatic carboxylic acids is 1. The normalized spacial score (nSPS) is 23.8. The van der Waals surface area contributed by atoms with Gasteiger partial charge in [0.05, 0.1) is 23.6 Å². The van der Waals surface area contributed by atoms with Crippen LogP contribution in [0.1, 0.15) is 25.5 Å². The fraction of sp³-hybridized carbons (Fsp3) is 0.500. The Morgan fingerprint density at radius 2 is 1.78 bits per heavy atom. The van der Waals surface area contributed by atoms with Crippen LogP contribution in [0.2, 0.25) is 0 Å². The number of carbonyl (C=O) groups excluding carboxylic acids is 1. The summed E-state index contributed by atoms with van der Waals surface area (Å²) < 4.78 is 23.3. The second-order valence-corrected chi connectivity index (χ2v) is 8.86. The Kier molecular flexibility index (Phi) is 4.52. The van der Waals surface area contributed by atoms with Crippen molar-refractivity contribution in [2.24, 2.45) is 17.3 Å². The van der Waals surface area contributed by atoms with Crippen molar-refractivity contribution in [3.05, 3.63) is 35.9 Å². The van der Waals surface area contributed by atoms with Crippen LogP contribution in [0.3, 0.4) is 0 Å². The second kappa shape index (κ2) is 5.96. The van der Waals surface area contributed by atoms with Gasteiger partial charge in [-0.05, 0) is 11.0 Å². The van der Waals surface area contributed by atoms with Gasteiger partial charge in [-0.15, -0.1) is 0 Å². The van der Waals surface area contributed by atoms with Crippen LogP contribution in [-0.2, 0) is 19.4 Å². The van der Waals surface area contributed by atoms with Gasteiger partial charge in [0, 0.05) is 6.26 Å². The summed E-state index contributed by atoms with van der Waals surface area (Å²) >= 11 is 0. The van der Waals surface area contributed by atoms with Gasteiger partial charge in [-0.25, -0.2) is 8.42 Å². The number of rotatable bonds is 6. The van der Waals surface area contributed by atoms with Crippen LogP contribution in [-0.4, -0.2) is 37.4 Å². The molecule has 2 rings (SSSR count). The zero-order valence-corrected chi connectivity index (χ0v) is 14.1. The number of nitrogens with one attached hydrogen (secondary N) is 1. The van der Waals surface area contributed by atoms with E-state index in [0.29, 0.717) is 5.56 Å². The van der Waals surface area contributed by atoms with Crippen molar-refractivity contribution in [1.82, 2.24) is 5.32 Å². The summed E-state index contributed by atoms with van der Waals surface area (Å²) in [6.45, 7) is 3.45. The number of hydrogen-bond donors (Lipinski definition) is 2. The highest BCUT2D eigenvalue weighted by Gasteiger charge is 2.66. The number of carboxylic acids is 1. The van der Waals surface area contributed by atoms with Gasteiger partial charge in [-0.3, -0.25) is 9.59 Å². The average molecular weight is 339 g/mol. The molecule has 0 radical (unpaired) electrons. The van der Waals surface area contributed by atoms with E-state index in [2.05, 4.69) is 5.32 Å². The largest absolute Gasteiger partial charge is 0.481 e. The first-order valence-corrected chi connectivity index (χ1v) is 9.36. The number of carbonyl (C=O) groups is 2. The van der Waals surface area contributed by atoms with Crippen molar-refractivity contribution in [3.63, 3.8) is 0 Å². The Labute approximate surface area is 135 Å². The van der Waals surface area contributed by atoms with Gasteiger partial charge < -0.3 is 10.4 Å². The Morgan fingerprint density at radius 1 is 1.22 bits per heavy atom. The second-order valence-electron chi connectivity index (χ2n) is 6.68. The molecule has 1 fully saturated rings. The molecule has 0 saturated heterocycles. The Morgan fingerprint density at radius 3 is 2.22 bits per heavy atom. The molecule has 0 bridgehead atoms. The van der Waals surface area contributed by atoms with Crippen LogP contribution in [0.25, 0.3) is 0 Å². The van der Waals surface area contributed by atoms with Crippen molar-refractivity contribution in [2.75, 3.05) is 12.0 Å². The lowest BCUT2D eigenvalue weighted by molar-refractivity contribution is -0.140. The summed E-state index contributed by atoms with van der Waals surface area (Å²) in [6.07, 6.45) is 1.11. The Bertz CT molecular complexity index is 711. The first kappa shape index (κ1) is 17.5. The highest BCUT2D eigenvalue weighted by Crippen LogP contribution is 2.58. The van der Waals surface area contributed by atoms with Gasteiger partial charge in [0.1, 0.15) is 9.84 Å². The molecule has 0 aliphatic heterocycles. The predicted octanol–water partition coefficient (Wildman–Crippen LogP) is 1.25. The molecule has 1 aliphatic rings. The standard InChI is InChI=1S/C16H21NO5S/c1-16(2)12(13(16)15(19)20)14(18)17-11(9-23(3,21)22)10-7-5-4-6-8-10/h4-8,11-13H,9H2,1-3H3,(H,17,18)(H,19,20)/t11?,12-,13+/m1/s1. The number of sulfone groups is 1. The molecule has 126 valence electrons. The van der Waals surface area contributed by atoms with Crippen molar-refractivity contribution in [3.8, 4) is 0 Å². The van der Waals surface area contributed by atoms with Gasteiger partial charge in [0.25, 0.3) is 0 Å². The molecule has 3 atom stereocenters. The minimum Gasteiger partial charge on any atom is -0.481 e. The zero-order chi connectivity index (χ0) is 17.4. The summed E-state index contributed by atoms with van der Waals surface area (Å²) in [5.74, 6) is -3.04. The molecule has 1 aliphatic carbocycles. The van der Waals surface area contributed by atoms with Gasteiger partial charge in [0.15, 0.2) is 0 Å². The van der Waals surface area contributed by atoms with E-state index in [1.807, 2.05) is 0 Å². The summed E-state index contributed by atoms with van der Waals surface area (Å²) in [4.78, 5) is 23.6. The van der Waals surface area contributed by atoms with E-state index in [0.717, 1.165) is 6.26 Å². The van der Waals surface area contributed by atoms with E-state index in [4.69, 9.17) is 5.11 Å². The van der Waals surface area contributed by atoms with Gasteiger partial charge >= 0.3 is 5.97 Å². The molecule has 0 spiro atoms. The van der Waals surface area contributed by atoms with E-state index < -0.39 is 45.0 Å². The topological polar surface area (TPSA) is 101 Å². The van der Waals surface area contributed by atoms with Crippen molar-refractivity contribution >= 4 is 21.7 Å². The van der Waals surface area contributed by atoms with Crippen molar-refractivity contribution in [2.45, 2.75) is 19.9 Å². The third-order valence-corrected chi connectivity index (χ3v) is 5.30. The molecule has 0 heterocycles. The molecular formula is C16H21NO5S. The fourth-order valence-corrected chi connectivity index (χ4v) is 3.94. The summed E-state index contributed by atoms with van der Waals surface area (Å²) in [6, 6.07) is 8.11. The molecule has 7 heteroatoms. The summed E-state index contributed by atoms with van der Waals surface area (Å²) in [5, 5.41) is 11.9. The molecule has 2 N–H and O–H groups in total. The highest BCUT2D eigenvalue weighted by molar-refractivity contribution is 7.90. The molecule has 1 unspecified atom stereocenters.